The van der Waals surface area contributed by atoms with Gasteiger partial charge in [-0.3, -0.25) is 5.10 Å². The van der Waals surface area contributed by atoms with E-state index in [0.717, 1.165) is 49.2 Å². The molecule has 0 fully saturated rings. The molecule has 0 aliphatic carbocycles. The molecule has 0 bridgehead atoms. The summed E-state index contributed by atoms with van der Waals surface area (Å²) in [5, 5.41) is 17.0. The van der Waals surface area contributed by atoms with Crippen molar-refractivity contribution in [3.8, 4) is 0 Å². The summed E-state index contributed by atoms with van der Waals surface area (Å²) in [5.74, 6) is 4.88. The van der Waals surface area contributed by atoms with Crippen LogP contribution in [0.2, 0.25) is 0 Å². The third-order valence-electron chi connectivity index (χ3n) is 5.28. The standard InChI is InChI=1S/2C7H12N2.C6H11N3.C6H15N.C6H14/c1-6(2)5-7-8-3-4-9-7;1-6(2)5-7-3-4-8-9-7;1-5(2)3-6-4-7-9-8-6;1-6(2)4-3-5-7;1-4-5-6(2)3/h2*3-4,6H,5H2,1-2H3,(H,8,9);4-5H,3H2,1-2H3,(H,7,8,9);6H,3-5,7H2,1-2H3;6H,4-5H2,1-3H3. The highest BCUT2D eigenvalue weighted by Gasteiger charge is 1.98. The summed E-state index contributed by atoms with van der Waals surface area (Å²) in [6, 6.07) is 2.01. The first-order valence-corrected chi connectivity index (χ1v) is 15.4. The Morgan fingerprint density at radius 2 is 1.38 bits per heavy atom. The molecule has 3 rings (SSSR count). The van der Waals surface area contributed by atoms with Gasteiger partial charge in [-0.2, -0.15) is 20.5 Å². The van der Waals surface area contributed by atoms with Crippen LogP contribution in [-0.4, -0.2) is 42.1 Å². The summed E-state index contributed by atoms with van der Waals surface area (Å²) < 4.78 is 0. The fraction of sp³-hybridized carbons (Fsp3) is 0.750. The van der Waals surface area contributed by atoms with Crippen LogP contribution in [0.1, 0.15) is 119 Å². The molecule has 40 heavy (non-hydrogen) atoms. The van der Waals surface area contributed by atoms with Gasteiger partial charge in [0.2, 0.25) is 0 Å². The molecule has 8 nitrogen and oxygen atoms in total. The van der Waals surface area contributed by atoms with Crippen molar-refractivity contribution in [2.45, 2.75) is 121 Å². The van der Waals surface area contributed by atoms with E-state index in [4.69, 9.17) is 5.73 Å². The Morgan fingerprint density at radius 1 is 0.750 bits per heavy atom. The number of hydrogen-bond donors (Lipinski definition) is 4. The number of hydrogen-bond acceptors (Lipinski definition) is 5. The van der Waals surface area contributed by atoms with Gasteiger partial charge in [0.05, 0.1) is 11.9 Å². The van der Waals surface area contributed by atoms with Gasteiger partial charge in [0.1, 0.15) is 5.82 Å². The number of nitrogens with one attached hydrogen (secondary N) is 3. The first kappa shape index (κ1) is 39.7. The highest BCUT2D eigenvalue weighted by atomic mass is 15.3. The normalized spacial score (nSPS) is 10.4. The maximum atomic E-state index is 5.28. The Labute approximate surface area is 246 Å². The fourth-order valence-corrected chi connectivity index (χ4v) is 3.48. The fourth-order valence-electron chi connectivity index (χ4n) is 3.48. The molecule has 0 saturated carbocycles. The highest BCUT2D eigenvalue weighted by molar-refractivity contribution is 4.97. The highest BCUT2D eigenvalue weighted by Crippen LogP contribution is 2.03. The molecule has 0 aliphatic rings. The quantitative estimate of drug-likeness (QED) is 0.189. The Balaban J connectivity index is 0. The van der Waals surface area contributed by atoms with Crippen molar-refractivity contribution in [1.82, 2.24) is 35.6 Å². The summed E-state index contributed by atoms with van der Waals surface area (Å²) in [6.07, 6.45) is 15.5. The molecule has 0 aliphatic heterocycles. The van der Waals surface area contributed by atoms with Gasteiger partial charge in [0.25, 0.3) is 0 Å². The topological polar surface area (TPSA) is 125 Å². The van der Waals surface area contributed by atoms with Crippen molar-refractivity contribution in [3.63, 3.8) is 0 Å². The summed E-state index contributed by atoms with van der Waals surface area (Å²) >= 11 is 0. The van der Waals surface area contributed by atoms with E-state index in [9.17, 15) is 0 Å². The number of aromatic amines is 3. The second-order valence-corrected chi connectivity index (χ2v) is 12.4. The SMILES string of the molecule is CC(C)CCCN.CC(C)Cc1ccn[nH]1.CC(C)Cc1cn[nH]n1.CC(C)Cc1ncc[nH]1.CCCC(C)C. The summed E-state index contributed by atoms with van der Waals surface area (Å²) in [7, 11) is 0. The molecule has 3 aromatic rings. The second-order valence-electron chi connectivity index (χ2n) is 12.4. The van der Waals surface area contributed by atoms with E-state index in [0.29, 0.717) is 17.8 Å². The first-order chi connectivity index (χ1) is 18.9. The lowest BCUT2D eigenvalue weighted by Gasteiger charge is -1.98. The zero-order chi connectivity index (χ0) is 30.8. The smallest absolute Gasteiger partial charge is 0.106 e. The molecular weight excluding hydrogens is 496 g/mol. The molecule has 0 aromatic carbocycles. The van der Waals surface area contributed by atoms with Gasteiger partial charge in [0, 0.05) is 30.7 Å². The zero-order valence-electron chi connectivity index (χ0n) is 27.8. The van der Waals surface area contributed by atoms with Crippen LogP contribution in [0.4, 0.5) is 0 Å². The number of aromatic nitrogens is 7. The van der Waals surface area contributed by atoms with Crippen molar-refractivity contribution in [1.29, 1.82) is 0 Å². The summed E-state index contributed by atoms with van der Waals surface area (Å²) in [6.45, 7) is 25.1. The van der Waals surface area contributed by atoms with Gasteiger partial charge >= 0.3 is 0 Å². The monoisotopic (exact) mass is 561 g/mol. The van der Waals surface area contributed by atoms with Crippen LogP contribution in [-0.2, 0) is 19.3 Å². The summed E-state index contributed by atoms with van der Waals surface area (Å²) in [4.78, 5) is 7.16. The van der Waals surface area contributed by atoms with E-state index in [-0.39, 0.29) is 0 Å². The predicted octanol–water partition coefficient (Wildman–Crippen LogP) is 8.04. The predicted molar refractivity (Wildman–Crippen MR) is 172 cm³/mol. The van der Waals surface area contributed by atoms with Gasteiger partial charge in [-0.1, -0.05) is 89.0 Å². The van der Waals surface area contributed by atoms with E-state index >= 15 is 0 Å². The first-order valence-electron chi connectivity index (χ1n) is 15.4. The molecule has 0 radical (unpaired) electrons. The summed E-state index contributed by atoms with van der Waals surface area (Å²) in [5.41, 5.74) is 7.55. The molecule has 3 aromatic heterocycles. The largest absolute Gasteiger partial charge is 0.349 e. The van der Waals surface area contributed by atoms with Crippen LogP contribution in [0.25, 0.3) is 0 Å². The number of nitrogens with two attached hydrogens (primary N) is 1. The Kier molecular flexibility index (Phi) is 26.5. The zero-order valence-corrected chi connectivity index (χ0v) is 27.8. The molecule has 0 spiro atoms. The average Bonchev–Trinajstić information content (AvgIpc) is 3.63. The maximum Gasteiger partial charge on any atom is 0.106 e. The van der Waals surface area contributed by atoms with E-state index in [1.807, 2.05) is 12.3 Å². The molecular formula is C32H64N8. The van der Waals surface area contributed by atoms with Crippen LogP contribution < -0.4 is 5.73 Å². The maximum absolute atomic E-state index is 5.28. The number of nitrogens with zero attached hydrogens (tertiary/aromatic N) is 4. The van der Waals surface area contributed by atoms with Crippen molar-refractivity contribution < 1.29 is 0 Å². The molecule has 232 valence electrons. The van der Waals surface area contributed by atoms with Crippen molar-refractivity contribution in [2.75, 3.05) is 6.54 Å². The molecule has 5 N–H and O–H groups in total. The van der Waals surface area contributed by atoms with Gasteiger partial charge in [-0.15, -0.1) is 0 Å². The molecule has 3 heterocycles. The average molecular weight is 561 g/mol. The van der Waals surface area contributed by atoms with Crippen LogP contribution in [0, 0.1) is 29.6 Å². The molecule has 0 saturated heterocycles. The van der Waals surface area contributed by atoms with Crippen LogP contribution in [0.3, 0.4) is 0 Å². The third-order valence-corrected chi connectivity index (χ3v) is 5.28. The van der Waals surface area contributed by atoms with Crippen LogP contribution in [0.5, 0.6) is 0 Å². The van der Waals surface area contributed by atoms with E-state index < -0.39 is 0 Å². The van der Waals surface area contributed by atoms with Crippen molar-refractivity contribution in [2.24, 2.45) is 35.3 Å². The van der Waals surface area contributed by atoms with Crippen molar-refractivity contribution in [3.05, 3.63) is 48.1 Å². The van der Waals surface area contributed by atoms with Gasteiger partial charge in [-0.25, -0.2) is 4.98 Å². The lowest BCUT2D eigenvalue weighted by Crippen LogP contribution is -1.99. The molecule has 0 amide bonds. The molecule has 0 unspecified atom stereocenters. The minimum Gasteiger partial charge on any atom is -0.349 e. The van der Waals surface area contributed by atoms with Crippen molar-refractivity contribution >= 4 is 0 Å². The molecule has 0 atom stereocenters. The van der Waals surface area contributed by atoms with E-state index in [2.05, 4.69) is 112 Å². The van der Waals surface area contributed by atoms with E-state index in [1.54, 1.807) is 18.6 Å². The van der Waals surface area contributed by atoms with Gasteiger partial charge in [0.15, 0.2) is 0 Å². The number of H-pyrrole nitrogens is 3. The van der Waals surface area contributed by atoms with E-state index in [1.165, 1.54) is 31.4 Å². The second kappa shape index (κ2) is 26.7. The lowest BCUT2D eigenvalue weighted by molar-refractivity contribution is 0.561. The third kappa shape index (κ3) is 30.1. The Morgan fingerprint density at radius 3 is 1.70 bits per heavy atom. The minimum atomic E-state index is 0.662. The van der Waals surface area contributed by atoms with Gasteiger partial charge in [-0.05, 0) is 67.9 Å². The van der Waals surface area contributed by atoms with Gasteiger partial charge < -0.3 is 10.7 Å². The Bertz CT molecular complexity index is 725. The van der Waals surface area contributed by atoms with Crippen LogP contribution >= 0.6 is 0 Å². The lowest BCUT2D eigenvalue weighted by atomic mass is 10.1. The minimum absolute atomic E-state index is 0.662. The number of rotatable bonds is 11. The molecule has 8 heteroatoms. The van der Waals surface area contributed by atoms with Crippen LogP contribution in [0.15, 0.2) is 30.9 Å². The Hall–Kier alpha value is -2.48. The number of imidazole rings is 1.